The maximum atomic E-state index is 10.1. The molecule has 102 valence electrons. The molecule has 0 saturated carbocycles. The largest absolute Gasteiger partial charge is 0.507 e. The smallest absolute Gasteiger partial charge is 0.148 e. The van der Waals surface area contributed by atoms with Crippen LogP contribution in [0.15, 0.2) is 41.5 Å². The van der Waals surface area contributed by atoms with Crippen LogP contribution in [0.1, 0.15) is 5.56 Å². The van der Waals surface area contributed by atoms with E-state index in [0.717, 1.165) is 10.3 Å². The first-order chi connectivity index (χ1) is 9.61. The van der Waals surface area contributed by atoms with Gasteiger partial charge in [0.05, 0.1) is 34.7 Å². The summed E-state index contributed by atoms with van der Waals surface area (Å²) in [5.41, 5.74) is 2.00. The number of anilines is 1. The first kappa shape index (κ1) is 12.8. The molecule has 1 aromatic heterocycles. The van der Waals surface area contributed by atoms with E-state index >= 15 is 0 Å². The number of aromatic hydroxyl groups is 1. The van der Waals surface area contributed by atoms with E-state index in [2.05, 4.69) is 32.9 Å². The standard InChI is InChI=1S/C14H12BrN3O2/c1-8-6-10(17-14-9(15)7-16-18(8)14)13-11(19)4-3-5-12(13)20-2/h3-7,17,19H,1H2,2H3. The molecule has 5 nitrogen and oxygen atoms in total. The molecule has 0 bridgehead atoms. The molecule has 1 aromatic carbocycles. The highest BCUT2D eigenvalue weighted by Crippen LogP contribution is 2.39. The molecule has 2 aromatic rings. The number of benzene rings is 1. The third-order valence-corrected chi connectivity index (χ3v) is 3.63. The van der Waals surface area contributed by atoms with Crippen molar-refractivity contribution in [3.8, 4) is 11.5 Å². The molecule has 3 rings (SSSR count). The number of phenols is 1. The van der Waals surface area contributed by atoms with Gasteiger partial charge >= 0.3 is 0 Å². The highest BCUT2D eigenvalue weighted by Gasteiger charge is 2.22. The van der Waals surface area contributed by atoms with Crippen molar-refractivity contribution in [2.45, 2.75) is 0 Å². The lowest BCUT2D eigenvalue weighted by Crippen LogP contribution is -2.12. The molecule has 1 aliphatic rings. The van der Waals surface area contributed by atoms with Gasteiger partial charge in [0, 0.05) is 0 Å². The summed E-state index contributed by atoms with van der Waals surface area (Å²) >= 11 is 3.43. The van der Waals surface area contributed by atoms with Gasteiger partial charge in [0.2, 0.25) is 0 Å². The third kappa shape index (κ3) is 1.89. The molecule has 0 fully saturated rings. The van der Waals surface area contributed by atoms with E-state index in [1.54, 1.807) is 36.2 Å². The van der Waals surface area contributed by atoms with Crippen LogP contribution in [0.25, 0.3) is 11.4 Å². The minimum atomic E-state index is 0.139. The van der Waals surface area contributed by atoms with Gasteiger partial charge in [-0.3, -0.25) is 0 Å². The van der Waals surface area contributed by atoms with Crippen molar-refractivity contribution in [1.29, 1.82) is 0 Å². The van der Waals surface area contributed by atoms with Crippen LogP contribution < -0.4 is 10.1 Å². The molecule has 0 aliphatic carbocycles. The Bertz CT molecular complexity index is 734. The van der Waals surface area contributed by atoms with E-state index in [0.29, 0.717) is 22.7 Å². The number of nitrogens with zero attached hydrogens (tertiary/aromatic N) is 2. The zero-order valence-corrected chi connectivity index (χ0v) is 12.3. The fourth-order valence-corrected chi connectivity index (χ4v) is 2.50. The van der Waals surface area contributed by atoms with E-state index < -0.39 is 0 Å². The molecule has 1 aliphatic heterocycles. The Balaban J connectivity index is 2.13. The molecule has 0 saturated heterocycles. The summed E-state index contributed by atoms with van der Waals surface area (Å²) in [4.78, 5) is 0. The fraction of sp³-hybridized carbons (Fsp3) is 0.0714. The van der Waals surface area contributed by atoms with Crippen LogP contribution in [0.3, 0.4) is 0 Å². The number of nitrogens with one attached hydrogen (secondary N) is 1. The number of phenolic OH excluding ortho intramolecular Hbond substituents is 1. The Hall–Kier alpha value is -2.21. The number of methoxy groups -OCH3 is 1. The molecular formula is C14H12BrN3O2. The summed E-state index contributed by atoms with van der Waals surface area (Å²) in [6.07, 6.45) is 3.50. The SMILES string of the molecule is C=C1C=C(c2c(O)cccc2OC)Nc2c(Br)cnn21. The molecule has 0 radical (unpaired) electrons. The van der Waals surface area contributed by atoms with Gasteiger partial charge in [0.1, 0.15) is 17.3 Å². The monoisotopic (exact) mass is 333 g/mol. The van der Waals surface area contributed by atoms with E-state index in [4.69, 9.17) is 4.74 Å². The van der Waals surface area contributed by atoms with Gasteiger partial charge in [0.15, 0.2) is 0 Å². The maximum absolute atomic E-state index is 10.1. The Kier molecular flexibility index (Phi) is 3.02. The number of fused-ring (bicyclic) bond motifs is 1. The molecule has 0 amide bonds. The lowest BCUT2D eigenvalue weighted by molar-refractivity contribution is 0.405. The fourth-order valence-electron chi connectivity index (χ4n) is 2.15. The summed E-state index contributed by atoms with van der Waals surface area (Å²) in [5, 5.41) is 17.5. The van der Waals surface area contributed by atoms with Crippen molar-refractivity contribution >= 4 is 33.1 Å². The first-order valence-electron chi connectivity index (χ1n) is 5.89. The zero-order chi connectivity index (χ0) is 14.3. The van der Waals surface area contributed by atoms with E-state index in [-0.39, 0.29) is 5.75 Å². The Morgan fingerprint density at radius 1 is 1.45 bits per heavy atom. The van der Waals surface area contributed by atoms with Crippen LogP contribution >= 0.6 is 15.9 Å². The van der Waals surface area contributed by atoms with Crippen LogP contribution in [0.4, 0.5) is 5.82 Å². The molecule has 20 heavy (non-hydrogen) atoms. The summed E-state index contributed by atoms with van der Waals surface area (Å²) in [5.74, 6) is 1.48. The number of ether oxygens (including phenoxy) is 1. The highest BCUT2D eigenvalue weighted by atomic mass is 79.9. The number of hydrogen-bond acceptors (Lipinski definition) is 4. The van der Waals surface area contributed by atoms with Crippen molar-refractivity contribution in [3.63, 3.8) is 0 Å². The van der Waals surface area contributed by atoms with E-state index in [1.807, 2.05) is 6.08 Å². The highest BCUT2D eigenvalue weighted by molar-refractivity contribution is 9.10. The zero-order valence-electron chi connectivity index (χ0n) is 10.7. The average Bonchev–Trinajstić information content (AvgIpc) is 2.80. The summed E-state index contributed by atoms with van der Waals surface area (Å²) < 4.78 is 7.81. The molecule has 2 heterocycles. The van der Waals surface area contributed by atoms with Crippen LogP contribution in [0, 0.1) is 0 Å². The van der Waals surface area contributed by atoms with Crippen molar-refractivity contribution in [3.05, 3.63) is 47.1 Å². The molecule has 0 spiro atoms. The van der Waals surface area contributed by atoms with Gasteiger partial charge in [-0.1, -0.05) is 12.6 Å². The lowest BCUT2D eigenvalue weighted by Gasteiger charge is -2.21. The Morgan fingerprint density at radius 2 is 2.25 bits per heavy atom. The minimum Gasteiger partial charge on any atom is -0.507 e. The quantitative estimate of drug-likeness (QED) is 0.885. The van der Waals surface area contributed by atoms with Gasteiger partial charge < -0.3 is 15.2 Å². The number of allylic oxidation sites excluding steroid dienone is 2. The van der Waals surface area contributed by atoms with E-state index in [9.17, 15) is 5.11 Å². The molecule has 6 heteroatoms. The normalized spacial score (nSPS) is 13.5. The number of rotatable bonds is 2. The van der Waals surface area contributed by atoms with Crippen molar-refractivity contribution in [1.82, 2.24) is 9.78 Å². The second-order valence-corrected chi connectivity index (χ2v) is 5.14. The maximum Gasteiger partial charge on any atom is 0.148 e. The van der Waals surface area contributed by atoms with Crippen LogP contribution in [0.5, 0.6) is 11.5 Å². The summed E-state index contributed by atoms with van der Waals surface area (Å²) in [7, 11) is 1.57. The van der Waals surface area contributed by atoms with Crippen LogP contribution in [0.2, 0.25) is 0 Å². The molecular weight excluding hydrogens is 322 g/mol. The molecule has 2 N–H and O–H groups in total. The second kappa shape index (κ2) is 4.72. The van der Waals surface area contributed by atoms with Gasteiger partial charge in [-0.15, -0.1) is 0 Å². The van der Waals surface area contributed by atoms with Gasteiger partial charge in [-0.25, -0.2) is 4.68 Å². The van der Waals surface area contributed by atoms with Crippen molar-refractivity contribution in [2.75, 3.05) is 12.4 Å². The number of aromatic nitrogens is 2. The lowest BCUT2D eigenvalue weighted by atomic mass is 10.1. The topological polar surface area (TPSA) is 59.3 Å². The van der Waals surface area contributed by atoms with Crippen molar-refractivity contribution < 1.29 is 9.84 Å². The Labute approximate surface area is 124 Å². The predicted molar refractivity (Wildman–Crippen MR) is 81.5 cm³/mol. The number of hydrogen-bond donors (Lipinski definition) is 2. The second-order valence-electron chi connectivity index (χ2n) is 4.28. The molecule has 0 unspecified atom stereocenters. The van der Waals surface area contributed by atoms with Crippen LogP contribution in [-0.4, -0.2) is 22.0 Å². The van der Waals surface area contributed by atoms with Crippen LogP contribution in [-0.2, 0) is 0 Å². The number of halogens is 1. The van der Waals surface area contributed by atoms with Crippen molar-refractivity contribution in [2.24, 2.45) is 0 Å². The van der Waals surface area contributed by atoms with E-state index in [1.165, 1.54) is 0 Å². The Morgan fingerprint density at radius 3 is 3.00 bits per heavy atom. The average molecular weight is 334 g/mol. The van der Waals surface area contributed by atoms with Gasteiger partial charge in [-0.2, -0.15) is 5.10 Å². The first-order valence-corrected chi connectivity index (χ1v) is 6.69. The minimum absolute atomic E-state index is 0.139. The van der Waals surface area contributed by atoms with Gasteiger partial charge in [-0.05, 0) is 34.1 Å². The summed E-state index contributed by atoms with van der Waals surface area (Å²) in [6, 6.07) is 5.14. The molecule has 0 atom stereocenters. The van der Waals surface area contributed by atoms with Gasteiger partial charge in [0.25, 0.3) is 0 Å². The predicted octanol–water partition coefficient (Wildman–Crippen LogP) is 3.30. The summed E-state index contributed by atoms with van der Waals surface area (Å²) in [6.45, 7) is 3.97. The third-order valence-electron chi connectivity index (χ3n) is 3.05.